The highest BCUT2D eigenvalue weighted by molar-refractivity contribution is 5.99. The van der Waals surface area contributed by atoms with Crippen LogP contribution in [0.3, 0.4) is 0 Å². The lowest BCUT2D eigenvalue weighted by Crippen LogP contribution is -2.29. The Labute approximate surface area is 184 Å². The molecule has 1 saturated carbocycles. The molecule has 1 aliphatic rings. The van der Waals surface area contributed by atoms with E-state index in [0.29, 0.717) is 5.56 Å². The van der Waals surface area contributed by atoms with Gasteiger partial charge in [0.05, 0.1) is 11.7 Å². The maximum Gasteiger partial charge on any atom is 0.250 e. The summed E-state index contributed by atoms with van der Waals surface area (Å²) < 4.78 is 0. The number of benzene rings is 3. The Morgan fingerprint density at radius 1 is 1.00 bits per heavy atom. The smallest absolute Gasteiger partial charge is 0.250 e. The van der Waals surface area contributed by atoms with E-state index in [2.05, 4.69) is 54.7 Å². The summed E-state index contributed by atoms with van der Waals surface area (Å²) in [5.74, 6) is -0.432. The van der Waals surface area contributed by atoms with Crippen molar-refractivity contribution in [1.29, 1.82) is 0 Å². The topological polar surface area (TPSA) is 75.4 Å². The average Bonchev–Trinajstić information content (AvgIpc) is 2.75. The highest BCUT2D eigenvalue weighted by atomic mass is 16.3. The Morgan fingerprint density at radius 2 is 1.77 bits per heavy atom. The van der Waals surface area contributed by atoms with Gasteiger partial charge in [-0.3, -0.25) is 4.79 Å². The molecule has 0 bridgehead atoms. The van der Waals surface area contributed by atoms with Gasteiger partial charge in [-0.1, -0.05) is 60.2 Å². The molecule has 1 fully saturated rings. The number of nitrogens with one attached hydrogen (secondary N) is 1. The van der Waals surface area contributed by atoms with E-state index in [4.69, 9.17) is 5.73 Å². The van der Waals surface area contributed by atoms with Crippen LogP contribution in [0.25, 0.3) is 11.1 Å². The summed E-state index contributed by atoms with van der Waals surface area (Å²) in [7, 11) is 0. The van der Waals surface area contributed by atoms with Gasteiger partial charge in [0, 0.05) is 11.7 Å². The van der Waals surface area contributed by atoms with E-state index in [1.54, 1.807) is 0 Å². The molecule has 3 aromatic carbocycles. The van der Waals surface area contributed by atoms with Gasteiger partial charge in [-0.2, -0.15) is 0 Å². The zero-order valence-corrected chi connectivity index (χ0v) is 18.0. The van der Waals surface area contributed by atoms with Crippen molar-refractivity contribution in [3.05, 3.63) is 89.0 Å². The Morgan fingerprint density at radius 3 is 2.52 bits per heavy atom. The van der Waals surface area contributed by atoms with Crippen LogP contribution < -0.4 is 11.1 Å². The molecular weight excluding hydrogens is 384 g/mol. The first kappa shape index (κ1) is 21.1. The molecule has 0 aromatic heterocycles. The van der Waals surface area contributed by atoms with Gasteiger partial charge in [0.2, 0.25) is 0 Å². The van der Waals surface area contributed by atoms with Gasteiger partial charge in [0.15, 0.2) is 0 Å². The lowest BCUT2D eigenvalue weighted by molar-refractivity contribution is 0.100. The Kier molecular flexibility index (Phi) is 6.38. The van der Waals surface area contributed by atoms with Crippen LogP contribution in [-0.2, 0) is 6.42 Å². The zero-order chi connectivity index (χ0) is 21.8. The lowest BCUT2D eigenvalue weighted by Gasteiger charge is -2.28. The molecule has 0 saturated heterocycles. The first-order valence-electron chi connectivity index (χ1n) is 11.0. The van der Waals surface area contributed by atoms with E-state index in [0.717, 1.165) is 48.9 Å². The summed E-state index contributed by atoms with van der Waals surface area (Å²) in [5, 5.41) is 13.3. The quantitative estimate of drug-likeness (QED) is 0.527. The average molecular weight is 415 g/mol. The molecule has 0 aliphatic heterocycles. The molecule has 4 rings (SSSR count). The summed E-state index contributed by atoms with van der Waals surface area (Å²) in [6, 6.07) is 23.1. The summed E-state index contributed by atoms with van der Waals surface area (Å²) in [6.07, 6.45) is 3.96. The van der Waals surface area contributed by atoms with Crippen molar-refractivity contribution in [3.63, 3.8) is 0 Å². The molecule has 4 heteroatoms. The maximum absolute atomic E-state index is 12.0. The van der Waals surface area contributed by atoms with Gasteiger partial charge in [0.1, 0.15) is 0 Å². The van der Waals surface area contributed by atoms with Gasteiger partial charge >= 0.3 is 0 Å². The highest BCUT2D eigenvalue weighted by Gasteiger charge is 2.21. The largest absolute Gasteiger partial charge is 0.393 e. The van der Waals surface area contributed by atoms with Crippen molar-refractivity contribution in [2.45, 2.75) is 51.2 Å². The van der Waals surface area contributed by atoms with E-state index in [9.17, 15) is 9.90 Å². The first-order valence-corrected chi connectivity index (χ1v) is 11.0. The molecule has 1 aliphatic carbocycles. The lowest BCUT2D eigenvalue weighted by atomic mass is 9.91. The van der Waals surface area contributed by atoms with Crippen LogP contribution in [0.2, 0.25) is 0 Å². The van der Waals surface area contributed by atoms with E-state index in [-0.39, 0.29) is 12.1 Å². The molecule has 1 amide bonds. The summed E-state index contributed by atoms with van der Waals surface area (Å²) in [5.41, 5.74) is 12.9. The summed E-state index contributed by atoms with van der Waals surface area (Å²) >= 11 is 0. The van der Waals surface area contributed by atoms with E-state index in [1.807, 2.05) is 24.3 Å². The fourth-order valence-electron chi connectivity index (χ4n) is 4.48. The minimum absolute atomic E-state index is 0.214. The van der Waals surface area contributed by atoms with Crippen molar-refractivity contribution in [1.82, 2.24) is 0 Å². The van der Waals surface area contributed by atoms with Crippen LogP contribution >= 0.6 is 0 Å². The Balaban J connectivity index is 1.66. The van der Waals surface area contributed by atoms with Gasteiger partial charge in [-0.05, 0) is 73.4 Å². The number of primary amides is 1. The number of nitrogens with two attached hydrogens (primary N) is 1. The maximum atomic E-state index is 12.0. The van der Waals surface area contributed by atoms with Crippen molar-refractivity contribution >= 4 is 11.6 Å². The van der Waals surface area contributed by atoms with Crippen LogP contribution in [-0.4, -0.2) is 23.2 Å². The summed E-state index contributed by atoms with van der Waals surface area (Å²) in [4.78, 5) is 12.0. The molecule has 0 heterocycles. The van der Waals surface area contributed by atoms with Crippen molar-refractivity contribution in [2.24, 2.45) is 5.73 Å². The van der Waals surface area contributed by atoms with Crippen LogP contribution in [0.4, 0.5) is 5.69 Å². The SMILES string of the molecule is Cc1cccc(Cc2ccccc2-c2ccc(C(N)=O)c(NC3CCC(O)CC3)c2)c1. The monoisotopic (exact) mass is 414 g/mol. The van der Waals surface area contributed by atoms with Gasteiger partial charge in [-0.25, -0.2) is 0 Å². The van der Waals surface area contributed by atoms with Gasteiger partial charge in [-0.15, -0.1) is 0 Å². The van der Waals surface area contributed by atoms with Crippen LogP contribution in [0.15, 0.2) is 66.7 Å². The fraction of sp³-hybridized carbons (Fsp3) is 0.296. The Hall–Kier alpha value is -3.11. The van der Waals surface area contributed by atoms with E-state index in [1.165, 1.54) is 16.7 Å². The summed E-state index contributed by atoms with van der Waals surface area (Å²) in [6.45, 7) is 2.11. The molecule has 160 valence electrons. The highest BCUT2D eigenvalue weighted by Crippen LogP contribution is 2.31. The minimum atomic E-state index is -0.432. The second-order valence-corrected chi connectivity index (χ2v) is 8.60. The minimum Gasteiger partial charge on any atom is -0.393 e. The second-order valence-electron chi connectivity index (χ2n) is 8.60. The number of amides is 1. The molecule has 0 unspecified atom stereocenters. The predicted molar refractivity (Wildman–Crippen MR) is 126 cm³/mol. The molecule has 4 N–H and O–H groups in total. The number of aliphatic hydroxyl groups is 1. The number of anilines is 1. The second kappa shape index (κ2) is 9.36. The molecule has 3 aromatic rings. The van der Waals surface area contributed by atoms with Crippen molar-refractivity contribution in [3.8, 4) is 11.1 Å². The van der Waals surface area contributed by atoms with E-state index >= 15 is 0 Å². The van der Waals surface area contributed by atoms with Crippen molar-refractivity contribution < 1.29 is 9.90 Å². The predicted octanol–water partition coefficient (Wildman–Crippen LogP) is 5.07. The third kappa shape index (κ3) is 5.15. The molecule has 4 nitrogen and oxygen atoms in total. The van der Waals surface area contributed by atoms with E-state index < -0.39 is 5.91 Å². The normalized spacial score (nSPS) is 18.5. The molecule has 31 heavy (non-hydrogen) atoms. The third-order valence-corrected chi connectivity index (χ3v) is 6.15. The number of aryl methyl sites for hydroxylation is 1. The van der Waals surface area contributed by atoms with Gasteiger partial charge < -0.3 is 16.2 Å². The van der Waals surface area contributed by atoms with Crippen molar-refractivity contribution in [2.75, 3.05) is 5.32 Å². The standard InChI is InChI=1S/C27H30N2O2/c1-18-5-4-6-19(15-18)16-20-7-2-3-8-24(20)21-9-14-25(27(28)31)26(17-21)29-22-10-12-23(30)13-11-22/h2-9,14-15,17,22-23,29-30H,10-13,16H2,1H3,(H2,28,31). The van der Waals surface area contributed by atoms with Crippen LogP contribution in [0.1, 0.15) is 52.7 Å². The number of hydrogen-bond acceptors (Lipinski definition) is 3. The number of aliphatic hydroxyl groups excluding tert-OH is 1. The molecule has 0 spiro atoms. The number of carbonyl (C=O) groups is 1. The van der Waals surface area contributed by atoms with Crippen LogP contribution in [0.5, 0.6) is 0 Å². The molecule has 0 radical (unpaired) electrons. The Bertz CT molecular complexity index is 1070. The van der Waals surface area contributed by atoms with Gasteiger partial charge in [0.25, 0.3) is 5.91 Å². The number of rotatable bonds is 6. The van der Waals surface area contributed by atoms with Crippen LogP contribution in [0, 0.1) is 6.92 Å². The number of carbonyl (C=O) groups excluding carboxylic acids is 1. The first-order chi connectivity index (χ1) is 15.0. The number of hydrogen-bond donors (Lipinski definition) is 3. The zero-order valence-electron chi connectivity index (χ0n) is 18.0. The fourth-order valence-corrected chi connectivity index (χ4v) is 4.48. The molecule has 0 atom stereocenters. The third-order valence-electron chi connectivity index (χ3n) is 6.15. The molecular formula is C27H30N2O2.